The van der Waals surface area contributed by atoms with Crippen LogP contribution in [0.1, 0.15) is 92.9 Å². The van der Waals surface area contributed by atoms with Crippen LogP contribution in [0.3, 0.4) is 0 Å². The molecule has 0 aromatic carbocycles. The van der Waals surface area contributed by atoms with Crippen LogP contribution in [-0.2, 0) is 0 Å². The second-order valence-corrected chi connectivity index (χ2v) is 7.86. The van der Waals surface area contributed by atoms with Gasteiger partial charge in [0.25, 0.3) is 0 Å². The lowest BCUT2D eigenvalue weighted by Gasteiger charge is -2.54. The molecule has 0 aliphatic carbocycles. The highest BCUT2D eigenvalue weighted by atomic mass is 14.9. The topological polar surface area (TPSA) is 52.0 Å². The number of hydrogen-bond donors (Lipinski definition) is 2. The monoisotopic (exact) mass is 284 g/mol. The first-order chi connectivity index (χ1) is 9.18. The zero-order valence-electron chi connectivity index (χ0n) is 15.0. The summed E-state index contributed by atoms with van der Waals surface area (Å²) in [5, 5.41) is 0. The Morgan fingerprint density at radius 1 is 0.700 bits per heavy atom. The maximum atomic E-state index is 6.89. The first kappa shape index (κ1) is 19.9. The van der Waals surface area contributed by atoms with Crippen molar-refractivity contribution in [3.8, 4) is 0 Å². The Morgan fingerprint density at radius 2 is 1.05 bits per heavy atom. The molecule has 0 atom stereocenters. The van der Waals surface area contributed by atoms with Crippen molar-refractivity contribution in [2.45, 2.75) is 98.4 Å². The van der Waals surface area contributed by atoms with Gasteiger partial charge >= 0.3 is 0 Å². The molecule has 122 valence electrons. The van der Waals surface area contributed by atoms with Gasteiger partial charge in [0.05, 0.1) is 0 Å². The Labute approximate surface area is 128 Å². The van der Waals surface area contributed by atoms with Crippen molar-refractivity contribution in [2.75, 3.05) is 6.54 Å². The van der Waals surface area contributed by atoms with Gasteiger partial charge in [-0.05, 0) is 23.7 Å². The average Bonchev–Trinajstić information content (AvgIpc) is 2.37. The zero-order valence-corrected chi connectivity index (χ0v) is 15.0. The van der Waals surface area contributed by atoms with Crippen LogP contribution in [0, 0.1) is 10.8 Å². The van der Waals surface area contributed by atoms with Gasteiger partial charge in [-0.3, -0.25) is 0 Å². The van der Waals surface area contributed by atoms with Crippen LogP contribution in [0.2, 0.25) is 0 Å². The summed E-state index contributed by atoms with van der Waals surface area (Å²) in [6, 6.07) is 0. The van der Waals surface area contributed by atoms with Crippen molar-refractivity contribution in [1.29, 1.82) is 0 Å². The summed E-state index contributed by atoms with van der Waals surface area (Å²) in [4.78, 5) is 0. The molecule has 0 amide bonds. The Balaban J connectivity index is 4.93. The molecular formula is C18H40N2. The van der Waals surface area contributed by atoms with Gasteiger partial charge in [-0.2, -0.15) is 0 Å². The molecule has 0 aromatic rings. The van der Waals surface area contributed by atoms with Crippen LogP contribution in [0.15, 0.2) is 0 Å². The molecule has 2 nitrogen and oxygen atoms in total. The quantitative estimate of drug-likeness (QED) is 0.533. The van der Waals surface area contributed by atoms with Crippen LogP contribution < -0.4 is 11.5 Å². The summed E-state index contributed by atoms with van der Waals surface area (Å²) in [6.07, 6.45) is 9.96. The van der Waals surface area contributed by atoms with E-state index in [9.17, 15) is 0 Å². The SMILES string of the molecule is CCCCCC(C)(C)C(N)(CN)C(C)(C)CCCCC. The van der Waals surface area contributed by atoms with E-state index >= 15 is 0 Å². The lowest BCUT2D eigenvalue weighted by atomic mass is 9.56. The molecule has 0 aromatic heterocycles. The number of unbranched alkanes of at least 4 members (excludes halogenated alkanes) is 4. The van der Waals surface area contributed by atoms with Crippen molar-refractivity contribution in [2.24, 2.45) is 22.3 Å². The normalized spacial score (nSPS) is 13.8. The minimum Gasteiger partial charge on any atom is -0.329 e. The van der Waals surface area contributed by atoms with Crippen molar-refractivity contribution in [1.82, 2.24) is 0 Å². The smallest absolute Gasteiger partial charge is 0.0382 e. The van der Waals surface area contributed by atoms with Crippen molar-refractivity contribution in [3.63, 3.8) is 0 Å². The lowest BCUT2D eigenvalue weighted by molar-refractivity contribution is 0.0247. The molecule has 0 unspecified atom stereocenters. The molecule has 0 radical (unpaired) electrons. The molecule has 0 bridgehead atoms. The van der Waals surface area contributed by atoms with Gasteiger partial charge in [0.1, 0.15) is 0 Å². The fourth-order valence-corrected chi connectivity index (χ4v) is 3.55. The Hall–Kier alpha value is -0.0800. The van der Waals surface area contributed by atoms with Gasteiger partial charge in [-0.25, -0.2) is 0 Å². The number of nitrogens with two attached hydrogens (primary N) is 2. The van der Waals surface area contributed by atoms with Gasteiger partial charge in [0.15, 0.2) is 0 Å². The third-order valence-corrected chi connectivity index (χ3v) is 5.55. The zero-order chi connectivity index (χ0) is 15.9. The standard InChI is InChI=1S/C18H40N2/c1-7-9-11-13-16(3,4)18(20,15-19)17(5,6)14-12-10-8-2/h7-15,19-20H2,1-6H3. The van der Waals surface area contributed by atoms with E-state index in [1.54, 1.807) is 0 Å². The number of hydrogen-bond acceptors (Lipinski definition) is 2. The van der Waals surface area contributed by atoms with E-state index in [0.717, 1.165) is 0 Å². The molecule has 0 rings (SSSR count). The van der Waals surface area contributed by atoms with Gasteiger partial charge in [0.2, 0.25) is 0 Å². The fourth-order valence-electron chi connectivity index (χ4n) is 3.55. The summed E-state index contributed by atoms with van der Waals surface area (Å²) < 4.78 is 0. The predicted octanol–water partition coefficient (Wildman–Crippen LogP) is 4.86. The molecule has 0 aliphatic rings. The summed E-state index contributed by atoms with van der Waals surface area (Å²) in [7, 11) is 0. The van der Waals surface area contributed by atoms with Crippen molar-refractivity contribution < 1.29 is 0 Å². The first-order valence-electron chi connectivity index (χ1n) is 8.67. The Bertz CT molecular complexity index is 234. The molecular weight excluding hydrogens is 244 g/mol. The van der Waals surface area contributed by atoms with Gasteiger partial charge in [-0.1, -0.05) is 80.1 Å². The summed E-state index contributed by atoms with van der Waals surface area (Å²) in [5.74, 6) is 0. The fraction of sp³-hybridized carbons (Fsp3) is 1.00. The highest BCUT2D eigenvalue weighted by Crippen LogP contribution is 2.47. The molecule has 0 spiro atoms. The molecule has 4 N–H and O–H groups in total. The summed E-state index contributed by atoms with van der Waals surface area (Å²) >= 11 is 0. The lowest BCUT2D eigenvalue weighted by Crippen LogP contribution is -2.66. The molecule has 0 heterocycles. The maximum absolute atomic E-state index is 6.89. The average molecular weight is 285 g/mol. The minimum atomic E-state index is -0.290. The molecule has 2 heteroatoms. The molecule has 0 saturated heterocycles. The van der Waals surface area contributed by atoms with E-state index in [-0.39, 0.29) is 16.4 Å². The van der Waals surface area contributed by atoms with Gasteiger partial charge < -0.3 is 11.5 Å². The molecule has 20 heavy (non-hydrogen) atoms. The van der Waals surface area contributed by atoms with Crippen LogP contribution in [0.5, 0.6) is 0 Å². The number of rotatable bonds is 11. The minimum absolute atomic E-state index is 0.0899. The van der Waals surface area contributed by atoms with E-state index in [4.69, 9.17) is 11.5 Å². The van der Waals surface area contributed by atoms with E-state index < -0.39 is 0 Å². The molecule has 0 fully saturated rings. The highest BCUT2D eigenvalue weighted by Gasteiger charge is 2.50. The molecule has 0 saturated carbocycles. The predicted molar refractivity (Wildman–Crippen MR) is 91.8 cm³/mol. The summed E-state index contributed by atoms with van der Waals surface area (Å²) in [5.41, 5.74) is 12.9. The third-order valence-electron chi connectivity index (χ3n) is 5.55. The van der Waals surface area contributed by atoms with Crippen LogP contribution in [-0.4, -0.2) is 12.1 Å². The van der Waals surface area contributed by atoms with Crippen molar-refractivity contribution in [3.05, 3.63) is 0 Å². The Morgan fingerprint density at radius 3 is 1.30 bits per heavy atom. The van der Waals surface area contributed by atoms with E-state index in [1.165, 1.54) is 51.4 Å². The van der Waals surface area contributed by atoms with E-state index in [0.29, 0.717) is 6.54 Å². The van der Waals surface area contributed by atoms with E-state index in [2.05, 4.69) is 41.5 Å². The van der Waals surface area contributed by atoms with Crippen LogP contribution >= 0.6 is 0 Å². The van der Waals surface area contributed by atoms with Crippen LogP contribution in [0.25, 0.3) is 0 Å². The first-order valence-corrected chi connectivity index (χ1v) is 8.67. The van der Waals surface area contributed by atoms with Crippen molar-refractivity contribution >= 4 is 0 Å². The van der Waals surface area contributed by atoms with Gasteiger partial charge in [0, 0.05) is 12.1 Å². The van der Waals surface area contributed by atoms with Crippen LogP contribution in [0.4, 0.5) is 0 Å². The third kappa shape index (κ3) is 4.73. The highest BCUT2D eigenvalue weighted by molar-refractivity contribution is 5.07. The largest absolute Gasteiger partial charge is 0.329 e. The maximum Gasteiger partial charge on any atom is 0.0382 e. The Kier molecular flexibility index (Phi) is 8.35. The molecule has 0 aliphatic heterocycles. The second-order valence-electron chi connectivity index (χ2n) is 7.86. The van der Waals surface area contributed by atoms with Gasteiger partial charge in [-0.15, -0.1) is 0 Å². The summed E-state index contributed by atoms with van der Waals surface area (Å²) in [6.45, 7) is 14.3. The van der Waals surface area contributed by atoms with E-state index in [1.807, 2.05) is 0 Å². The second kappa shape index (κ2) is 8.38.